The van der Waals surface area contributed by atoms with Crippen LogP contribution in [-0.4, -0.2) is 35.3 Å². The van der Waals surface area contributed by atoms with Gasteiger partial charge < -0.3 is 0 Å². The third-order valence-corrected chi connectivity index (χ3v) is 4.31. The highest BCUT2D eigenvalue weighted by Gasteiger charge is 2.11. The van der Waals surface area contributed by atoms with Crippen LogP contribution in [0.1, 0.15) is 0 Å². The zero-order chi connectivity index (χ0) is 18.8. The lowest BCUT2D eigenvalue weighted by atomic mass is 10.2. The minimum Gasteiger partial charge on any atom is -0.276 e. The Morgan fingerprint density at radius 1 is 0.500 bits per heavy atom. The van der Waals surface area contributed by atoms with Crippen LogP contribution in [0.4, 0.5) is 0 Å². The maximum absolute atomic E-state index is 4.72. The smallest absolute Gasteiger partial charge is 0.111 e. The molecule has 5 aromatic heterocycles. The molecule has 134 valence electrons. The average Bonchev–Trinajstić information content (AvgIpc) is 3.46. The van der Waals surface area contributed by atoms with Gasteiger partial charge in [0, 0.05) is 12.4 Å². The van der Waals surface area contributed by atoms with Crippen molar-refractivity contribution in [1.82, 2.24) is 35.3 Å². The van der Waals surface area contributed by atoms with Gasteiger partial charge >= 0.3 is 0 Å². The number of aromatic amines is 2. The summed E-state index contributed by atoms with van der Waals surface area (Å²) in [6.45, 7) is 0. The molecule has 5 aromatic rings. The fraction of sp³-hybridized carbons (Fsp3) is 0. The first-order valence-electron chi connectivity index (χ1n) is 8.78. The Morgan fingerprint density at radius 2 is 1.00 bits per heavy atom. The van der Waals surface area contributed by atoms with E-state index in [4.69, 9.17) is 4.98 Å². The highest BCUT2D eigenvalue weighted by molar-refractivity contribution is 5.68. The second kappa shape index (κ2) is 6.88. The number of rotatable bonds is 4. The summed E-state index contributed by atoms with van der Waals surface area (Å²) in [7, 11) is 0. The molecule has 2 N–H and O–H groups in total. The van der Waals surface area contributed by atoms with E-state index in [-0.39, 0.29) is 0 Å². The first-order valence-corrected chi connectivity index (χ1v) is 8.78. The Bertz CT molecular complexity index is 1120. The predicted octanol–water partition coefficient (Wildman–Crippen LogP) is 3.99. The number of hydrogen-bond donors (Lipinski definition) is 2. The molecule has 7 nitrogen and oxygen atoms in total. The van der Waals surface area contributed by atoms with E-state index in [1.165, 1.54) is 0 Å². The maximum atomic E-state index is 4.72. The topological polar surface area (TPSA) is 96.0 Å². The molecule has 0 spiro atoms. The molecule has 7 heteroatoms. The van der Waals surface area contributed by atoms with Gasteiger partial charge in [-0.2, -0.15) is 10.2 Å². The van der Waals surface area contributed by atoms with Gasteiger partial charge in [-0.15, -0.1) is 0 Å². The maximum Gasteiger partial charge on any atom is 0.111 e. The molecule has 0 bridgehead atoms. The Morgan fingerprint density at radius 3 is 1.46 bits per heavy atom. The lowest BCUT2D eigenvalue weighted by Gasteiger charge is -1.99. The summed E-state index contributed by atoms with van der Waals surface area (Å²) in [4.78, 5) is 13.4. The number of H-pyrrole nitrogens is 2. The Balaban J connectivity index is 1.46. The third kappa shape index (κ3) is 3.05. The van der Waals surface area contributed by atoms with Gasteiger partial charge in [-0.3, -0.25) is 20.2 Å². The van der Waals surface area contributed by atoms with Crippen molar-refractivity contribution in [2.75, 3.05) is 0 Å². The van der Waals surface area contributed by atoms with Gasteiger partial charge in [0.25, 0.3) is 0 Å². The van der Waals surface area contributed by atoms with E-state index in [0.717, 1.165) is 45.6 Å². The van der Waals surface area contributed by atoms with E-state index in [1.807, 2.05) is 66.7 Å². The summed E-state index contributed by atoms with van der Waals surface area (Å²) in [6, 6.07) is 21.2. The molecule has 28 heavy (non-hydrogen) atoms. The first kappa shape index (κ1) is 16.1. The van der Waals surface area contributed by atoms with Gasteiger partial charge in [-0.05, 0) is 48.5 Å². The van der Waals surface area contributed by atoms with Crippen LogP contribution < -0.4 is 0 Å². The normalized spacial score (nSPS) is 10.9. The van der Waals surface area contributed by atoms with Crippen LogP contribution in [0.3, 0.4) is 0 Å². The van der Waals surface area contributed by atoms with Crippen molar-refractivity contribution >= 4 is 0 Å². The van der Waals surface area contributed by atoms with Crippen LogP contribution in [0.15, 0.2) is 79.1 Å². The summed E-state index contributed by atoms with van der Waals surface area (Å²) < 4.78 is 0. The van der Waals surface area contributed by atoms with Gasteiger partial charge in [-0.25, -0.2) is 4.98 Å². The number of aromatic nitrogens is 7. The minimum absolute atomic E-state index is 0.753. The third-order valence-electron chi connectivity index (χ3n) is 4.31. The van der Waals surface area contributed by atoms with Crippen molar-refractivity contribution in [3.05, 3.63) is 79.1 Å². The zero-order valence-corrected chi connectivity index (χ0v) is 14.7. The molecule has 0 fully saturated rings. The van der Waals surface area contributed by atoms with E-state index in [0.29, 0.717) is 0 Å². The minimum atomic E-state index is 0.753. The molecule has 0 atom stereocenters. The van der Waals surface area contributed by atoms with Crippen molar-refractivity contribution in [2.24, 2.45) is 0 Å². The molecule has 0 aromatic carbocycles. The lowest BCUT2D eigenvalue weighted by Crippen LogP contribution is -1.88. The highest BCUT2D eigenvalue weighted by atomic mass is 15.1. The largest absolute Gasteiger partial charge is 0.276 e. The van der Waals surface area contributed by atoms with Crippen LogP contribution >= 0.6 is 0 Å². The molecule has 0 saturated carbocycles. The van der Waals surface area contributed by atoms with E-state index in [2.05, 4.69) is 30.4 Å². The van der Waals surface area contributed by atoms with Crippen LogP contribution in [0.5, 0.6) is 0 Å². The van der Waals surface area contributed by atoms with Gasteiger partial charge in [0.2, 0.25) is 0 Å². The Hall–Kier alpha value is -4.13. The van der Waals surface area contributed by atoms with Crippen LogP contribution in [0.25, 0.3) is 45.6 Å². The van der Waals surface area contributed by atoms with Crippen molar-refractivity contribution in [3.63, 3.8) is 0 Å². The van der Waals surface area contributed by atoms with Gasteiger partial charge in [0.1, 0.15) is 11.4 Å². The molecular weight excluding hydrogens is 350 g/mol. The number of nitrogens with one attached hydrogen (secondary N) is 2. The van der Waals surface area contributed by atoms with Crippen LogP contribution in [0.2, 0.25) is 0 Å². The molecule has 5 heterocycles. The number of hydrogen-bond acceptors (Lipinski definition) is 5. The van der Waals surface area contributed by atoms with Crippen molar-refractivity contribution in [1.29, 1.82) is 0 Å². The molecular formula is C21H15N7. The molecule has 0 amide bonds. The fourth-order valence-electron chi connectivity index (χ4n) is 2.93. The zero-order valence-electron chi connectivity index (χ0n) is 14.7. The lowest BCUT2D eigenvalue weighted by molar-refractivity contribution is 1.07. The standard InChI is InChI=1S/C21H15N7/c1-3-10-22-14(6-1)18-12-20(27-25-18)16-8-5-9-17(24-16)21-13-19(26-28-21)15-7-2-4-11-23-15/h1-13H,(H,25,27)(H,26,28). The molecule has 0 unspecified atom stereocenters. The SMILES string of the molecule is c1ccc(-c2cc(-c3cccc(-c4cc(-c5ccccn5)[nH]n4)n3)n[nH]2)nc1. The summed E-state index contributed by atoms with van der Waals surface area (Å²) >= 11 is 0. The second-order valence-corrected chi connectivity index (χ2v) is 6.17. The Kier molecular flexibility index (Phi) is 3.95. The summed E-state index contributed by atoms with van der Waals surface area (Å²) in [6.07, 6.45) is 3.51. The van der Waals surface area contributed by atoms with E-state index < -0.39 is 0 Å². The molecule has 0 aliphatic heterocycles. The quantitative estimate of drug-likeness (QED) is 0.502. The molecule has 0 aliphatic rings. The van der Waals surface area contributed by atoms with E-state index in [1.54, 1.807) is 12.4 Å². The Labute approximate surface area is 160 Å². The molecule has 5 rings (SSSR count). The molecule has 0 aliphatic carbocycles. The first-order chi connectivity index (χ1) is 13.9. The van der Waals surface area contributed by atoms with E-state index in [9.17, 15) is 0 Å². The predicted molar refractivity (Wildman–Crippen MR) is 106 cm³/mol. The monoisotopic (exact) mass is 365 g/mol. The van der Waals surface area contributed by atoms with Crippen LogP contribution in [-0.2, 0) is 0 Å². The number of nitrogens with zero attached hydrogens (tertiary/aromatic N) is 5. The van der Waals surface area contributed by atoms with E-state index >= 15 is 0 Å². The second-order valence-electron chi connectivity index (χ2n) is 6.17. The summed E-state index contributed by atoms with van der Waals surface area (Å²) in [5, 5.41) is 14.8. The van der Waals surface area contributed by atoms with Crippen LogP contribution in [0, 0.1) is 0 Å². The summed E-state index contributed by atoms with van der Waals surface area (Å²) in [5.74, 6) is 0. The van der Waals surface area contributed by atoms with Crippen molar-refractivity contribution < 1.29 is 0 Å². The fourth-order valence-corrected chi connectivity index (χ4v) is 2.93. The van der Waals surface area contributed by atoms with Crippen molar-refractivity contribution in [2.45, 2.75) is 0 Å². The average molecular weight is 365 g/mol. The summed E-state index contributed by atoms with van der Waals surface area (Å²) in [5.41, 5.74) is 6.40. The molecule has 0 saturated heterocycles. The van der Waals surface area contributed by atoms with Gasteiger partial charge in [0.15, 0.2) is 0 Å². The number of pyridine rings is 3. The van der Waals surface area contributed by atoms with Gasteiger partial charge in [-0.1, -0.05) is 18.2 Å². The molecule has 0 radical (unpaired) electrons. The van der Waals surface area contributed by atoms with Gasteiger partial charge in [0.05, 0.1) is 34.2 Å². The van der Waals surface area contributed by atoms with Crippen molar-refractivity contribution in [3.8, 4) is 45.6 Å². The highest BCUT2D eigenvalue weighted by Crippen LogP contribution is 2.25.